The fourth-order valence-electron chi connectivity index (χ4n) is 2.18. The summed E-state index contributed by atoms with van der Waals surface area (Å²) in [6.07, 6.45) is 7.73. The molecule has 1 aliphatic rings. The van der Waals surface area contributed by atoms with Gasteiger partial charge in [0, 0.05) is 43.9 Å². The first-order chi connectivity index (χ1) is 8.59. The molecule has 1 aliphatic carbocycles. The Balaban J connectivity index is 2.58. The zero-order valence-corrected chi connectivity index (χ0v) is 11.6. The lowest BCUT2D eigenvalue weighted by atomic mass is 9.88. The van der Waals surface area contributed by atoms with Crippen molar-refractivity contribution < 1.29 is 4.74 Å². The van der Waals surface area contributed by atoms with E-state index in [1.165, 1.54) is 0 Å². The summed E-state index contributed by atoms with van der Waals surface area (Å²) in [6, 6.07) is 8.17. The van der Waals surface area contributed by atoms with Crippen LogP contribution < -0.4 is 4.90 Å². The van der Waals surface area contributed by atoms with Crippen LogP contribution in [0.4, 0.5) is 5.69 Å². The van der Waals surface area contributed by atoms with Gasteiger partial charge < -0.3 is 9.64 Å². The Bertz CT molecular complexity index is 493. The highest BCUT2D eigenvalue weighted by Gasteiger charge is 2.31. The molecule has 0 N–H and O–H groups in total. The smallest absolute Gasteiger partial charge is 0.133 e. The molecule has 1 radical (unpaired) electrons. The summed E-state index contributed by atoms with van der Waals surface area (Å²) in [5.74, 6) is 0. The first-order valence-electron chi connectivity index (χ1n) is 5.82. The lowest BCUT2D eigenvalue weighted by Gasteiger charge is -2.32. The minimum absolute atomic E-state index is 0.591. The van der Waals surface area contributed by atoms with E-state index in [4.69, 9.17) is 16.3 Å². The molecule has 0 aromatic heterocycles. The number of benzene rings is 1. The van der Waals surface area contributed by atoms with Gasteiger partial charge in [0.1, 0.15) is 5.60 Å². The maximum absolute atomic E-state index is 6.12. The zero-order valence-electron chi connectivity index (χ0n) is 10.9. The normalized spacial score (nSPS) is 22.8. The third-order valence-corrected chi connectivity index (χ3v) is 3.33. The molecule has 3 heteroatoms. The van der Waals surface area contributed by atoms with Crippen molar-refractivity contribution in [1.29, 1.82) is 0 Å². The number of hydrogen-bond acceptors (Lipinski definition) is 2. The lowest BCUT2D eigenvalue weighted by molar-refractivity contribution is 0.0718. The van der Waals surface area contributed by atoms with Gasteiger partial charge in [0.15, 0.2) is 0 Å². The number of hydrogen-bond donors (Lipinski definition) is 0. The fraction of sp³-hybridized carbons (Fsp3) is 0.267. The highest BCUT2D eigenvalue weighted by Crippen LogP contribution is 2.39. The number of nitrogens with zero attached hydrogens (tertiary/aromatic N) is 1. The van der Waals surface area contributed by atoms with Crippen LogP contribution in [0.2, 0.25) is 0 Å². The van der Waals surface area contributed by atoms with Gasteiger partial charge in [-0.25, -0.2) is 0 Å². The highest BCUT2D eigenvalue weighted by atomic mass is 35.5. The van der Waals surface area contributed by atoms with Gasteiger partial charge >= 0.3 is 0 Å². The van der Waals surface area contributed by atoms with Crippen molar-refractivity contribution in [2.45, 2.75) is 5.60 Å². The molecule has 0 heterocycles. The molecule has 1 aromatic rings. The molecule has 95 valence electrons. The van der Waals surface area contributed by atoms with Gasteiger partial charge in [0.2, 0.25) is 0 Å². The average Bonchev–Trinajstić information content (AvgIpc) is 2.38. The first kappa shape index (κ1) is 13.2. The molecule has 0 bridgehead atoms. The Labute approximate surface area is 114 Å². The van der Waals surface area contributed by atoms with Crippen molar-refractivity contribution in [1.82, 2.24) is 0 Å². The Morgan fingerprint density at radius 1 is 1.22 bits per heavy atom. The van der Waals surface area contributed by atoms with E-state index in [-0.39, 0.29) is 0 Å². The number of rotatable bonds is 3. The van der Waals surface area contributed by atoms with Gasteiger partial charge in [-0.15, -0.1) is 0 Å². The Hall–Kier alpha value is -1.25. The van der Waals surface area contributed by atoms with Crippen molar-refractivity contribution in [3.63, 3.8) is 0 Å². The summed E-state index contributed by atoms with van der Waals surface area (Å²) < 4.78 is 5.73. The van der Waals surface area contributed by atoms with E-state index in [0.29, 0.717) is 5.03 Å². The summed E-state index contributed by atoms with van der Waals surface area (Å²) >= 11 is 6.12. The van der Waals surface area contributed by atoms with E-state index in [2.05, 4.69) is 17.0 Å². The van der Waals surface area contributed by atoms with Gasteiger partial charge in [-0.1, -0.05) is 35.9 Å². The Kier molecular flexibility index (Phi) is 3.79. The highest BCUT2D eigenvalue weighted by molar-refractivity contribution is 6.31. The maximum atomic E-state index is 6.12. The molecule has 18 heavy (non-hydrogen) atoms. The zero-order chi connectivity index (χ0) is 13.2. The largest absolute Gasteiger partial charge is 0.377 e. The summed E-state index contributed by atoms with van der Waals surface area (Å²) in [5.41, 5.74) is 1.61. The maximum Gasteiger partial charge on any atom is 0.133 e. The lowest BCUT2D eigenvalue weighted by Crippen LogP contribution is -2.28. The first-order valence-corrected chi connectivity index (χ1v) is 6.20. The van der Waals surface area contributed by atoms with Gasteiger partial charge in [0.25, 0.3) is 0 Å². The molecule has 0 saturated heterocycles. The van der Waals surface area contributed by atoms with Crippen molar-refractivity contribution in [2.75, 3.05) is 26.1 Å². The van der Waals surface area contributed by atoms with E-state index >= 15 is 0 Å². The minimum atomic E-state index is -0.591. The summed E-state index contributed by atoms with van der Waals surface area (Å²) in [7, 11) is 5.74. The third-order valence-electron chi connectivity index (χ3n) is 3.10. The van der Waals surface area contributed by atoms with Crippen LogP contribution in [0.5, 0.6) is 0 Å². The van der Waals surface area contributed by atoms with E-state index in [1.54, 1.807) is 7.11 Å². The van der Waals surface area contributed by atoms with Crippen molar-refractivity contribution >= 4 is 17.3 Å². The number of anilines is 1. The molecule has 0 saturated carbocycles. The second-order valence-electron chi connectivity index (χ2n) is 4.46. The van der Waals surface area contributed by atoms with E-state index in [9.17, 15) is 0 Å². The summed E-state index contributed by atoms with van der Waals surface area (Å²) in [5, 5.41) is 0.688. The monoisotopic (exact) mass is 262 g/mol. The number of halogens is 1. The second-order valence-corrected chi connectivity index (χ2v) is 4.90. The number of ether oxygens (including phenoxy) is 1. The van der Waals surface area contributed by atoms with Gasteiger partial charge in [0.05, 0.1) is 0 Å². The molecule has 0 fully saturated rings. The number of allylic oxidation sites excluding steroid dienone is 2. The summed E-state index contributed by atoms with van der Waals surface area (Å²) in [6.45, 7) is 0. The van der Waals surface area contributed by atoms with Crippen molar-refractivity contribution in [2.24, 2.45) is 0 Å². The van der Waals surface area contributed by atoms with Crippen LogP contribution in [0.25, 0.3) is 0 Å². The van der Waals surface area contributed by atoms with Crippen LogP contribution in [0, 0.1) is 6.42 Å². The molecular formula is C15H17ClNO. The minimum Gasteiger partial charge on any atom is -0.377 e. The van der Waals surface area contributed by atoms with E-state index < -0.39 is 5.60 Å². The molecule has 1 aromatic carbocycles. The molecule has 0 amide bonds. The van der Waals surface area contributed by atoms with Crippen LogP contribution in [0.15, 0.2) is 47.5 Å². The van der Waals surface area contributed by atoms with Crippen molar-refractivity contribution in [3.8, 4) is 0 Å². The van der Waals surface area contributed by atoms with E-state index in [1.807, 2.05) is 50.9 Å². The van der Waals surface area contributed by atoms with Crippen LogP contribution in [0.3, 0.4) is 0 Å². The molecule has 2 nitrogen and oxygen atoms in total. The van der Waals surface area contributed by atoms with Crippen LogP contribution in [0.1, 0.15) is 5.56 Å². The standard InChI is InChI=1S/C15H17ClNO/c1-17(2)14-9-5-4-8-13(14)15(18-3)10-6-7-12(16)11-15/h4-11H,1-3H3. The SMILES string of the molecule is COC1(c2ccccc2N(C)C)C=C[CH]C(Cl)=C1. The summed E-state index contributed by atoms with van der Waals surface area (Å²) in [4.78, 5) is 2.07. The van der Waals surface area contributed by atoms with Crippen LogP contribution >= 0.6 is 11.6 Å². The van der Waals surface area contributed by atoms with Gasteiger partial charge in [-0.2, -0.15) is 0 Å². The third kappa shape index (κ3) is 2.31. The number of para-hydroxylation sites is 1. The van der Waals surface area contributed by atoms with Crippen molar-refractivity contribution in [3.05, 3.63) is 59.5 Å². The second kappa shape index (κ2) is 5.17. The van der Waals surface area contributed by atoms with Gasteiger partial charge in [-0.05, 0) is 18.2 Å². The predicted molar refractivity (Wildman–Crippen MR) is 76.8 cm³/mol. The predicted octanol–water partition coefficient (Wildman–Crippen LogP) is 3.49. The molecule has 2 rings (SSSR count). The molecule has 0 aliphatic heterocycles. The fourth-order valence-corrected chi connectivity index (χ4v) is 2.42. The Morgan fingerprint density at radius 2 is 1.94 bits per heavy atom. The number of methoxy groups -OCH3 is 1. The molecular weight excluding hydrogens is 246 g/mol. The van der Waals surface area contributed by atoms with Crippen LogP contribution in [-0.2, 0) is 10.3 Å². The molecule has 1 atom stereocenters. The topological polar surface area (TPSA) is 12.5 Å². The molecule has 0 spiro atoms. The Morgan fingerprint density at radius 3 is 2.56 bits per heavy atom. The van der Waals surface area contributed by atoms with E-state index in [0.717, 1.165) is 11.3 Å². The average molecular weight is 263 g/mol. The molecule has 1 unspecified atom stereocenters. The quantitative estimate of drug-likeness (QED) is 0.827. The van der Waals surface area contributed by atoms with Crippen LogP contribution in [-0.4, -0.2) is 21.2 Å². The van der Waals surface area contributed by atoms with Gasteiger partial charge in [-0.3, -0.25) is 0 Å².